The molecule has 138 valence electrons. The van der Waals surface area contributed by atoms with Crippen LogP contribution < -0.4 is 15.8 Å². The van der Waals surface area contributed by atoms with Crippen molar-refractivity contribution in [2.45, 2.75) is 44.2 Å². The summed E-state index contributed by atoms with van der Waals surface area (Å²) in [5.74, 6) is 0.609. The van der Waals surface area contributed by atoms with E-state index in [2.05, 4.69) is 10.3 Å². The Kier molecular flexibility index (Phi) is 6.20. The van der Waals surface area contributed by atoms with E-state index in [4.69, 9.17) is 10.5 Å². The molecule has 0 unspecified atom stereocenters. The summed E-state index contributed by atoms with van der Waals surface area (Å²) in [6.45, 7) is 0.928. The van der Waals surface area contributed by atoms with E-state index in [1.165, 1.54) is 11.8 Å². The van der Waals surface area contributed by atoms with E-state index < -0.39 is 5.91 Å². The molecule has 1 aromatic heterocycles. The van der Waals surface area contributed by atoms with Gasteiger partial charge in [-0.15, -0.1) is 0 Å². The number of amides is 1. The second-order valence-electron chi connectivity index (χ2n) is 6.70. The van der Waals surface area contributed by atoms with Crippen molar-refractivity contribution >= 4 is 5.91 Å². The summed E-state index contributed by atoms with van der Waals surface area (Å²) in [6, 6.07) is 11.6. The quantitative estimate of drug-likeness (QED) is 0.708. The normalized spacial score (nSPS) is 19.9. The van der Waals surface area contributed by atoms with E-state index in [-0.39, 0.29) is 6.10 Å². The third-order valence-electron chi connectivity index (χ3n) is 4.71. The number of nitrogens with two attached hydrogens (primary N) is 1. The molecular weight excluding hydrogens is 330 g/mol. The Morgan fingerprint density at radius 3 is 2.50 bits per heavy atom. The summed E-state index contributed by atoms with van der Waals surface area (Å²) in [5.41, 5.74) is 6.78. The molecule has 2 aromatic rings. The van der Waals surface area contributed by atoms with Crippen LogP contribution in [0.1, 0.15) is 41.6 Å². The fourth-order valence-electron chi connectivity index (χ4n) is 3.13. The molecule has 4 N–H and O–H groups in total. The van der Waals surface area contributed by atoms with Crippen LogP contribution in [0.2, 0.25) is 0 Å². The van der Waals surface area contributed by atoms with Gasteiger partial charge in [0.2, 0.25) is 11.8 Å². The molecule has 0 saturated heterocycles. The number of ether oxygens (including phenoxy) is 1. The van der Waals surface area contributed by atoms with E-state index in [0.29, 0.717) is 23.2 Å². The number of carbonyl (C=O) groups is 1. The predicted octanol–water partition coefficient (Wildman–Crippen LogP) is 2.41. The highest BCUT2D eigenvalue weighted by molar-refractivity contribution is 5.92. The average molecular weight is 355 g/mol. The Bertz CT molecular complexity index is 708. The lowest BCUT2D eigenvalue weighted by molar-refractivity contribution is 0.1000. The standard InChI is InChI=1S/C20H25N3O3/c21-20(25)15-3-10-19(23-13-15)26-18-8-1-14(2-9-18)11-12-22-16-4-6-17(24)7-5-16/h1-3,8-10,13,16-17,22,24H,4-7,11-12H2,(H2,21,25). The molecular formula is C20H25N3O3. The number of benzene rings is 1. The zero-order valence-electron chi connectivity index (χ0n) is 14.7. The first-order valence-corrected chi connectivity index (χ1v) is 9.04. The van der Waals surface area contributed by atoms with Crippen LogP contribution in [0.5, 0.6) is 11.6 Å². The second-order valence-corrected chi connectivity index (χ2v) is 6.70. The molecule has 1 saturated carbocycles. The van der Waals surface area contributed by atoms with E-state index >= 15 is 0 Å². The van der Waals surface area contributed by atoms with Gasteiger partial charge in [-0.2, -0.15) is 0 Å². The zero-order chi connectivity index (χ0) is 18.4. The third-order valence-corrected chi connectivity index (χ3v) is 4.71. The van der Waals surface area contributed by atoms with Crippen LogP contribution in [-0.4, -0.2) is 34.7 Å². The molecule has 1 aromatic carbocycles. The number of aromatic nitrogens is 1. The topological polar surface area (TPSA) is 97.5 Å². The van der Waals surface area contributed by atoms with Gasteiger partial charge in [0.1, 0.15) is 5.75 Å². The number of hydrogen-bond donors (Lipinski definition) is 3. The minimum atomic E-state index is -0.508. The van der Waals surface area contributed by atoms with Crippen LogP contribution >= 0.6 is 0 Å². The molecule has 1 fully saturated rings. The largest absolute Gasteiger partial charge is 0.439 e. The number of rotatable bonds is 7. The molecule has 6 nitrogen and oxygen atoms in total. The Balaban J connectivity index is 1.45. The van der Waals surface area contributed by atoms with E-state index in [1.54, 1.807) is 12.1 Å². The van der Waals surface area contributed by atoms with Crippen molar-refractivity contribution in [3.8, 4) is 11.6 Å². The smallest absolute Gasteiger partial charge is 0.250 e. The van der Waals surface area contributed by atoms with Crippen LogP contribution in [0.4, 0.5) is 0 Å². The second kappa shape index (κ2) is 8.78. The highest BCUT2D eigenvalue weighted by atomic mass is 16.5. The predicted molar refractivity (Wildman–Crippen MR) is 99.2 cm³/mol. The van der Waals surface area contributed by atoms with Crippen molar-refractivity contribution in [3.05, 3.63) is 53.7 Å². The number of aliphatic hydroxyl groups is 1. The Hall–Kier alpha value is -2.44. The number of carbonyl (C=O) groups excluding carboxylic acids is 1. The molecule has 0 bridgehead atoms. The van der Waals surface area contributed by atoms with Gasteiger partial charge in [-0.3, -0.25) is 4.79 Å². The summed E-state index contributed by atoms with van der Waals surface area (Å²) >= 11 is 0. The van der Waals surface area contributed by atoms with Gasteiger partial charge in [-0.25, -0.2) is 4.98 Å². The molecule has 1 aliphatic rings. The monoisotopic (exact) mass is 355 g/mol. The van der Waals surface area contributed by atoms with Crippen molar-refractivity contribution in [3.63, 3.8) is 0 Å². The Morgan fingerprint density at radius 1 is 1.15 bits per heavy atom. The fraction of sp³-hybridized carbons (Fsp3) is 0.400. The number of pyridine rings is 1. The molecule has 1 heterocycles. The molecule has 0 aliphatic heterocycles. The molecule has 6 heteroatoms. The van der Waals surface area contributed by atoms with Crippen molar-refractivity contribution in [1.29, 1.82) is 0 Å². The molecule has 1 amide bonds. The lowest BCUT2D eigenvalue weighted by atomic mass is 9.93. The van der Waals surface area contributed by atoms with Gasteiger partial charge in [0.05, 0.1) is 11.7 Å². The number of hydrogen-bond acceptors (Lipinski definition) is 5. The van der Waals surface area contributed by atoms with Gasteiger partial charge in [0.15, 0.2) is 0 Å². The SMILES string of the molecule is NC(=O)c1ccc(Oc2ccc(CCNC3CCC(O)CC3)cc2)nc1. The molecule has 26 heavy (non-hydrogen) atoms. The number of nitrogens with one attached hydrogen (secondary N) is 1. The molecule has 1 aliphatic carbocycles. The number of nitrogens with zero attached hydrogens (tertiary/aromatic N) is 1. The van der Waals surface area contributed by atoms with Crippen molar-refractivity contribution < 1.29 is 14.6 Å². The van der Waals surface area contributed by atoms with E-state index in [1.807, 2.05) is 24.3 Å². The highest BCUT2D eigenvalue weighted by Gasteiger charge is 2.18. The first-order valence-electron chi connectivity index (χ1n) is 9.04. The van der Waals surface area contributed by atoms with E-state index in [0.717, 1.165) is 38.6 Å². The van der Waals surface area contributed by atoms with Gasteiger partial charge in [0.25, 0.3) is 0 Å². The number of aliphatic hydroxyl groups excluding tert-OH is 1. The summed E-state index contributed by atoms with van der Waals surface area (Å²) in [7, 11) is 0. The van der Waals surface area contributed by atoms with Crippen molar-refractivity contribution in [2.24, 2.45) is 5.73 Å². The maximum Gasteiger partial charge on any atom is 0.250 e. The maximum atomic E-state index is 11.0. The van der Waals surface area contributed by atoms with Gasteiger partial charge >= 0.3 is 0 Å². The zero-order valence-corrected chi connectivity index (χ0v) is 14.7. The number of primary amides is 1. The maximum absolute atomic E-state index is 11.0. The lowest BCUT2D eigenvalue weighted by Crippen LogP contribution is -2.35. The summed E-state index contributed by atoms with van der Waals surface area (Å²) in [4.78, 5) is 15.1. The lowest BCUT2D eigenvalue weighted by Gasteiger charge is -2.26. The molecule has 0 spiro atoms. The van der Waals surface area contributed by atoms with Crippen LogP contribution in [0, 0.1) is 0 Å². The summed E-state index contributed by atoms with van der Waals surface area (Å²) in [6.07, 6.45) is 6.15. The summed E-state index contributed by atoms with van der Waals surface area (Å²) < 4.78 is 5.68. The van der Waals surface area contributed by atoms with E-state index in [9.17, 15) is 9.90 Å². The first kappa shape index (κ1) is 18.4. The third kappa shape index (κ3) is 5.28. The van der Waals surface area contributed by atoms with Crippen LogP contribution in [-0.2, 0) is 6.42 Å². The Labute approximate surface area is 153 Å². The van der Waals surface area contributed by atoms with Crippen LogP contribution in [0.25, 0.3) is 0 Å². The molecule has 0 atom stereocenters. The summed E-state index contributed by atoms with van der Waals surface area (Å²) in [5, 5.41) is 13.1. The molecule has 3 rings (SSSR count). The van der Waals surface area contributed by atoms with Gasteiger partial charge in [0, 0.05) is 18.3 Å². The van der Waals surface area contributed by atoms with Crippen molar-refractivity contribution in [1.82, 2.24) is 10.3 Å². The average Bonchev–Trinajstić information content (AvgIpc) is 2.65. The highest BCUT2D eigenvalue weighted by Crippen LogP contribution is 2.21. The first-order chi connectivity index (χ1) is 12.6. The minimum absolute atomic E-state index is 0.109. The van der Waals surface area contributed by atoms with Gasteiger partial charge in [-0.1, -0.05) is 12.1 Å². The fourth-order valence-corrected chi connectivity index (χ4v) is 3.13. The van der Waals surface area contributed by atoms with Gasteiger partial charge in [-0.05, 0) is 62.4 Å². The minimum Gasteiger partial charge on any atom is -0.439 e. The van der Waals surface area contributed by atoms with Gasteiger partial charge < -0.3 is 20.9 Å². The molecule has 0 radical (unpaired) electrons. The van der Waals surface area contributed by atoms with Crippen molar-refractivity contribution in [2.75, 3.05) is 6.54 Å². The van der Waals surface area contributed by atoms with Crippen LogP contribution in [0.15, 0.2) is 42.6 Å². The Morgan fingerprint density at radius 2 is 1.88 bits per heavy atom. The van der Waals surface area contributed by atoms with Crippen LogP contribution in [0.3, 0.4) is 0 Å².